The fourth-order valence-corrected chi connectivity index (χ4v) is 2.47. The summed E-state index contributed by atoms with van der Waals surface area (Å²) in [5, 5.41) is 4.94. The van der Waals surface area contributed by atoms with E-state index in [0.717, 1.165) is 5.56 Å². The Hall–Kier alpha value is -2.42. The number of nitrogens with two attached hydrogens (primary N) is 1. The molecule has 0 aliphatic rings. The van der Waals surface area contributed by atoms with E-state index in [1.54, 1.807) is 12.1 Å². The molecule has 0 fully saturated rings. The van der Waals surface area contributed by atoms with Crippen molar-refractivity contribution in [3.05, 3.63) is 23.8 Å². The molecular weight excluding hydrogens is 346 g/mol. The predicted molar refractivity (Wildman–Crippen MR) is 96.8 cm³/mol. The largest absolute Gasteiger partial charge is 0.495 e. The van der Waals surface area contributed by atoms with E-state index < -0.39 is 30.6 Å². The Morgan fingerprint density at radius 1 is 1.32 bits per heavy atom. The van der Waals surface area contributed by atoms with Gasteiger partial charge in [0.05, 0.1) is 12.8 Å². The van der Waals surface area contributed by atoms with Crippen molar-refractivity contribution in [3.8, 4) is 5.75 Å². The van der Waals surface area contributed by atoms with Crippen molar-refractivity contribution in [1.82, 2.24) is 5.32 Å². The SMILES string of the molecule is COc1ccc(C)cc1NC(=O)COC(=O)[C@H](CCSC)NC(N)=O. The van der Waals surface area contributed by atoms with E-state index in [0.29, 0.717) is 23.6 Å². The summed E-state index contributed by atoms with van der Waals surface area (Å²) in [5.74, 6) is -0.0927. The Morgan fingerprint density at radius 3 is 2.64 bits per heavy atom. The molecule has 0 aliphatic carbocycles. The molecule has 0 aliphatic heterocycles. The number of anilines is 1. The van der Waals surface area contributed by atoms with Crippen LogP contribution in [-0.4, -0.2) is 49.7 Å². The zero-order valence-corrected chi connectivity index (χ0v) is 15.3. The van der Waals surface area contributed by atoms with Crippen molar-refractivity contribution in [3.63, 3.8) is 0 Å². The number of urea groups is 1. The van der Waals surface area contributed by atoms with E-state index >= 15 is 0 Å². The van der Waals surface area contributed by atoms with Crippen LogP contribution in [0.3, 0.4) is 0 Å². The minimum atomic E-state index is -0.883. The minimum Gasteiger partial charge on any atom is -0.495 e. The van der Waals surface area contributed by atoms with Gasteiger partial charge in [0.25, 0.3) is 5.91 Å². The summed E-state index contributed by atoms with van der Waals surface area (Å²) in [4.78, 5) is 35.0. The summed E-state index contributed by atoms with van der Waals surface area (Å²) in [6.07, 6.45) is 2.23. The average molecular weight is 369 g/mol. The van der Waals surface area contributed by atoms with Crippen molar-refractivity contribution in [2.45, 2.75) is 19.4 Å². The first-order chi connectivity index (χ1) is 11.9. The second kappa shape index (κ2) is 10.4. The predicted octanol–water partition coefficient (Wildman–Crippen LogP) is 1.28. The molecule has 0 unspecified atom stereocenters. The van der Waals surface area contributed by atoms with Crippen LogP contribution in [0.15, 0.2) is 18.2 Å². The maximum absolute atomic E-state index is 12.0. The molecule has 0 saturated heterocycles. The van der Waals surface area contributed by atoms with Gasteiger partial charge in [-0.1, -0.05) is 6.07 Å². The highest BCUT2D eigenvalue weighted by molar-refractivity contribution is 7.98. The van der Waals surface area contributed by atoms with Gasteiger partial charge in [0.15, 0.2) is 6.61 Å². The molecule has 1 rings (SSSR count). The molecule has 3 amide bonds. The van der Waals surface area contributed by atoms with Crippen LogP contribution < -0.4 is 21.1 Å². The van der Waals surface area contributed by atoms with Crippen molar-refractivity contribution in [2.75, 3.05) is 31.0 Å². The van der Waals surface area contributed by atoms with Gasteiger partial charge in [-0.25, -0.2) is 9.59 Å². The number of rotatable bonds is 9. The summed E-state index contributed by atoms with van der Waals surface area (Å²) in [5.41, 5.74) is 6.47. The molecule has 8 nitrogen and oxygen atoms in total. The van der Waals surface area contributed by atoms with Crippen molar-refractivity contribution < 1.29 is 23.9 Å². The number of esters is 1. The van der Waals surface area contributed by atoms with Crippen molar-refractivity contribution >= 4 is 35.4 Å². The van der Waals surface area contributed by atoms with Crippen LogP contribution in [0.5, 0.6) is 5.75 Å². The van der Waals surface area contributed by atoms with Gasteiger partial charge in [0.2, 0.25) is 0 Å². The fourth-order valence-electron chi connectivity index (χ4n) is 2.00. The maximum atomic E-state index is 12.0. The van der Waals surface area contributed by atoms with Gasteiger partial charge in [0, 0.05) is 0 Å². The second-order valence-electron chi connectivity index (χ2n) is 5.20. The molecule has 0 aromatic heterocycles. The normalized spacial score (nSPS) is 11.3. The molecule has 0 bridgehead atoms. The Kier molecular flexibility index (Phi) is 8.62. The highest BCUT2D eigenvalue weighted by Crippen LogP contribution is 2.25. The summed E-state index contributed by atoms with van der Waals surface area (Å²) >= 11 is 1.51. The number of carbonyl (C=O) groups excluding carboxylic acids is 3. The van der Waals surface area contributed by atoms with Gasteiger partial charge in [0.1, 0.15) is 11.8 Å². The highest BCUT2D eigenvalue weighted by Gasteiger charge is 2.22. The second-order valence-corrected chi connectivity index (χ2v) is 6.19. The molecule has 1 atom stereocenters. The summed E-state index contributed by atoms with van der Waals surface area (Å²) in [7, 11) is 1.49. The van der Waals surface area contributed by atoms with Crippen molar-refractivity contribution in [2.24, 2.45) is 5.73 Å². The number of ether oxygens (including phenoxy) is 2. The number of methoxy groups -OCH3 is 1. The number of hydrogen-bond donors (Lipinski definition) is 3. The number of primary amides is 1. The molecule has 0 heterocycles. The molecular formula is C16H23N3O5S. The molecule has 0 spiro atoms. The molecule has 0 saturated carbocycles. The van der Waals surface area contributed by atoms with Crippen LogP contribution in [-0.2, 0) is 14.3 Å². The van der Waals surface area contributed by atoms with E-state index in [1.807, 2.05) is 19.2 Å². The summed E-state index contributed by atoms with van der Waals surface area (Å²) in [6.45, 7) is 1.40. The van der Waals surface area contributed by atoms with E-state index in [-0.39, 0.29) is 0 Å². The lowest BCUT2D eigenvalue weighted by Gasteiger charge is -2.16. The number of nitrogens with one attached hydrogen (secondary N) is 2. The van der Waals surface area contributed by atoms with Crippen LogP contribution in [0.25, 0.3) is 0 Å². The Balaban J connectivity index is 2.60. The van der Waals surface area contributed by atoms with Gasteiger partial charge in [-0.3, -0.25) is 4.79 Å². The van der Waals surface area contributed by atoms with Crippen LogP contribution in [0.1, 0.15) is 12.0 Å². The number of amides is 3. The first kappa shape index (κ1) is 20.6. The topological polar surface area (TPSA) is 120 Å². The molecule has 4 N–H and O–H groups in total. The highest BCUT2D eigenvalue weighted by atomic mass is 32.2. The average Bonchev–Trinajstić information content (AvgIpc) is 2.56. The molecule has 138 valence electrons. The molecule has 0 radical (unpaired) electrons. The van der Waals surface area contributed by atoms with Crippen LogP contribution in [0, 0.1) is 6.92 Å². The lowest BCUT2D eigenvalue weighted by atomic mass is 10.2. The lowest BCUT2D eigenvalue weighted by molar-refractivity contribution is -0.149. The van der Waals surface area contributed by atoms with Gasteiger partial charge in [-0.15, -0.1) is 0 Å². The maximum Gasteiger partial charge on any atom is 0.329 e. The molecule has 9 heteroatoms. The Labute approximate surface area is 150 Å². The minimum absolute atomic E-state index is 0.357. The van der Waals surface area contributed by atoms with E-state index in [9.17, 15) is 14.4 Å². The zero-order chi connectivity index (χ0) is 18.8. The monoisotopic (exact) mass is 369 g/mol. The quantitative estimate of drug-likeness (QED) is 0.564. The van der Waals surface area contributed by atoms with E-state index in [4.69, 9.17) is 15.2 Å². The third-order valence-corrected chi connectivity index (χ3v) is 3.83. The summed E-state index contributed by atoms with van der Waals surface area (Å²) < 4.78 is 10.1. The Morgan fingerprint density at radius 2 is 2.04 bits per heavy atom. The van der Waals surface area contributed by atoms with Crippen LogP contribution in [0.4, 0.5) is 10.5 Å². The first-order valence-electron chi connectivity index (χ1n) is 7.53. The van der Waals surface area contributed by atoms with E-state index in [1.165, 1.54) is 18.9 Å². The number of benzene rings is 1. The van der Waals surface area contributed by atoms with Gasteiger partial charge < -0.3 is 25.8 Å². The standard InChI is InChI=1S/C16H23N3O5S/c1-10-4-5-13(23-2)12(8-10)18-14(20)9-24-15(21)11(6-7-25-3)19-16(17)22/h4-5,8,11H,6-7,9H2,1-3H3,(H,18,20)(H3,17,19,22)/t11-/m0/s1. The van der Waals surface area contributed by atoms with Gasteiger partial charge in [-0.05, 0) is 43.0 Å². The third kappa shape index (κ3) is 7.34. The van der Waals surface area contributed by atoms with Gasteiger partial charge >= 0.3 is 12.0 Å². The van der Waals surface area contributed by atoms with Crippen LogP contribution >= 0.6 is 11.8 Å². The Bertz CT molecular complexity index is 624. The fraction of sp³-hybridized carbons (Fsp3) is 0.438. The van der Waals surface area contributed by atoms with Crippen molar-refractivity contribution in [1.29, 1.82) is 0 Å². The van der Waals surface area contributed by atoms with Gasteiger partial charge in [-0.2, -0.15) is 11.8 Å². The first-order valence-corrected chi connectivity index (χ1v) is 8.92. The molecule has 25 heavy (non-hydrogen) atoms. The number of thioether (sulfide) groups is 1. The number of carbonyl (C=O) groups is 3. The third-order valence-electron chi connectivity index (χ3n) is 3.19. The van der Waals surface area contributed by atoms with Crippen LogP contribution in [0.2, 0.25) is 0 Å². The number of hydrogen-bond acceptors (Lipinski definition) is 6. The van der Waals surface area contributed by atoms with E-state index in [2.05, 4.69) is 10.6 Å². The smallest absolute Gasteiger partial charge is 0.329 e. The summed E-state index contributed by atoms with van der Waals surface area (Å²) in [6, 6.07) is 3.62. The lowest BCUT2D eigenvalue weighted by Crippen LogP contribution is -2.45. The number of aryl methyl sites for hydroxylation is 1. The molecule has 1 aromatic carbocycles. The molecule has 1 aromatic rings. The zero-order valence-electron chi connectivity index (χ0n) is 14.5.